The molecule has 0 spiro atoms. The first-order valence-corrected chi connectivity index (χ1v) is 9.53. The Morgan fingerprint density at radius 2 is 1.78 bits per heavy atom. The maximum absolute atomic E-state index is 12.7. The number of hydrogen-bond donors (Lipinski definition) is 2. The van der Waals surface area contributed by atoms with Gasteiger partial charge in [0, 0.05) is 6.54 Å². The van der Waals surface area contributed by atoms with E-state index in [2.05, 4.69) is 17.6 Å². The fourth-order valence-electron chi connectivity index (χ4n) is 2.49. The summed E-state index contributed by atoms with van der Waals surface area (Å²) in [6.45, 7) is 4.51. The van der Waals surface area contributed by atoms with Crippen LogP contribution >= 0.6 is 11.6 Å². The SMILES string of the molecule is CCCCNC(=O)c1ccccc1NC(=O)[C@H](CC)Oc1ccccc1Cl. The molecule has 0 unspecified atom stereocenters. The third kappa shape index (κ3) is 6.00. The molecule has 0 saturated heterocycles. The molecule has 0 aliphatic heterocycles. The smallest absolute Gasteiger partial charge is 0.265 e. The third-order valence-corrected chi connectivity index (χ3v) is 4.33. The van der Waals surface area contributed by atoms with Crippen LogP contribution in [0.1, 0.15) is 43.5 Å². The topological polar surface area (TPSA) is 67.4 Å². The lowest BCUT2D eigenvalue weighted by Gasteiger charge is -2.19. The molecule has 27 heavy (non-hydrogen) atoms. The maximum atomic E-state index is 12.7. The number of unbranched alkanes of at least 4 members (excludes halogenated alkanes) is 1. The molecule has 6 heteroatoms. The first kappa shape index (κ1) is 20.8. The van der Waals surface area contributed by atoms with Crippen LogP contribution in [-0.2, 0) is 4.79 Å². The van der Waals surface area contributed by atoms with Gasteiger partial charge in [-0.2, -0.15) is 0 Å². The third-order valence-electron chi connectivity index (χ3n) is 4.01. The lowest BCUT2D eigenvalue weighted by Crippen LogP contribution is -2.33. The Hall–Kier alpha value is -2.53. The number of ether oxygens (including phenoxy) is 1. The van der Waals surface area contributed by atoms with Crippen LogP contribution in [0.5, 0.6) is 5.75 Å². The predicted molar refractivity (Wildman–Crippen MR) is 108 cm³/mol. The monoisotopic (exact) mass is 388 g/mol. The number of benzene rings is 2. The van der Waals surface area contributed by atoms with Gasteiger partial charge >= 0.3 is 0 Å². The Morgan fingerprint density at radius 3 is 2.48 bits per heavy atom. The van der Waals surface area contributed by atoms with Gasteiger partial charge in [0.05, 0.1) is 16.3 Å². The van der Waals surface area contributed by atoms with Crippen LogP contribution in [0, 0.1) is 0 Å². The Balaban J connectivity index is 2.09. The highest BCUT2D eigenvalue weighted by Gasteiger charge is 2.21. The van der Waals surface area contributed by atoms with Crippen LogP contribution in [-0.4, -0.2) is 24.5 Å². The van der Waals surface area contributed by atoms with Gasteiger partial charge in [-0.3, -0.25) is 9.59 Å². The van der Waals surface area contributed by atoms with Crippen molar-refractivity contribution in [3.63, 3.8) is 0 Å². The van der Waals surface area contributed by atoms with Crippen molar-refractivity contribution in [2.45, 2.75) is 39.2 Å². The zero-order chi connectivity index (χ0) is 19.6. The highest BCUT2D eigenvalue weighted by atomic mass is 35.5. The van der Waals surface area contributed by atoms with Crippen LogP contribution in [0.25, 0.3) is 0 Å². The van der Waals surface area contributed by atoms with Crippen LogP contribution in [0.2, 0.25) is 5.02 Å². The maximum Gasteiger partial charge on any atom is 0.265 e. The summed E-state index contributed by atoms with van der Waals surface area (Å²) in [6, 6.07) is 13.9. The number of halogens is 1. The summed E-state index contributed by atoms with van der Waals surface area (Å²) in [7, 11) is 0. The van der Waals surface area contributed by atoms with Crippen molar-refractivity contribution in [1.29, 1.82) is 0 Å². The van der Waals surface area contributed by atoms with Gasteiger partial charge in [0.2, 0.25) is 0 Å². The summed E-state index contributed by atoms with van der Waals surface area (Å²) in [5.41, 5.74) is 0.882. The predicted octanol–water partition coefficient (Wildman–Crippen LogP) is 4.67. The molecule has 2 rings (SSSR count). The highest BCUT2D eigenvalue weighted by molar-refractivity contribution is 6.32. The number of carbonyl (C=O) groups is 2. The van der Waals surface area contributed by atoms with Crippen molar-refractivity contribution in [2.24, 2.45) is 0 Å². The fourth-order valence-corrected chi connectivity index (χ4v) is 2.67. The minimum atomic E-state index is -0.721. The summed E-state index contributed by atoms with van der Waals surface area (Å²) in [4.78, 5) is 25.1. The van der Waals surface area contributed by atoms with Gasteiger partial charge < -0.3 is 15.4 Å². The zero-order valence-corrected chi connectivity index (χ0v) is 16.4. The molecular weight excluding hydrogens is 364 g/mol. The average molecular weight is 389 g/mol. The molecule has 0 heterocycles. The zero-order valence-electron chi connectivity index (χ0n) is 15.6. The molecule has 1 atom stereocenters. The van der Waals surface area contributed by atoms with E-state index in [0.29, 0.717) is 35.0 Å². The van der Waals surface area contributed by atoms with E-state index in [0.717, 1.165) is 12.8 Å². The summed E-state index contributed by atoms with van der Waals surface area (Å²) in [6.07, 6.45) is 1.64. The molecule has 5 nitrogen and oxygen atoms in total. The Kier molecular flexibility index (Phi) is 8.14. The second-order valence-electron chi connectivity index (χ2n) is 6.09. The molecule has 0 aliphatic carbocycles. The molecule has 2 aromatic carbocycles. The molecule has 0 radical (unpaired) electrons. The van der Waals surface area contributed by atoms with Crippen molar-refractivity contribution >= 4 is 29.1 Å². The summed E-state index contributed by atoms with van der Waals surface area (Å²) in [5, 5.41) is 6.11. The summed E-state index contributed by atoms with van der Waals surface area (Å²) < 4.78 is 5.76. The van der Waals surface area contributed by atoms with Gasteiger partial charge in [0.1, 0.15) is 5.75 Å². The van der Waals surface area contributed by atoms with Crippen LogP contribution < -0.4 is 15.4 Å². The minimum Gasteiger partial charge on any atom is -0.479 e. The molecule has 2 amide bonds. The van der Waals surface area contributed by atoms with Crippen LogP contribution in [0.15, 0.2) is 48.5 Å². The van der Waals surface area contributed by atoms with Gasteiger partial charge in [-0.05, 0) is 37.1 Å². The van der Waals surface area contributed by atoms with Gasteiger partial charge in [-0.1, -0.05) is 56.1 Å². The minimum absolute atomic E-state index is 0.209. The molecule has 0 aliphatic rings. The molecule has 0 aromatic heterocycles. The van der Waals surface area contributed by atoms with Crippen molar-refractivity contribution in [1.82, 2.24) is 5.32 Å². The van der Waals surface area contributed by atoms with E-state index < -0.39 is 6.10 Å². The number of nitrogens with one attached hydrogen (secondary N) is 2. The molecule has 0 saturated carbocycles. The normalized spacial score (nSPS) is 11.5. The lowest BCUT2D eigenvalue weighted by atomic mass is 10.1. The Bertz CT molecular complexity index is 780. The number of amides is 2. The van der Waals surface area contributed by atoms with Crippen LogP contribution in [0.3, 0.4) is 0 Å². The van der Waals surface area contributed by atoms with E-state index in [4.69, 9.17) is 16.3 Å². The first-order chi connectivity index (χ1) is 13.1. The molecule has 0 bridgehead atoms. The van der Waals surface area contributed by atoms with E-state index in [1.807, 2.05) is 6.92 Å². The van der Waals surface area contributed by atoms with Gasteiger partial charge in [0.25, 0.3) is 11.8 Å². The Labute approximate surface area is 165 Å². The summed E-state index contributed by atoms with van der Waals surface area (Å²) >= 11 is 6.11. The second-order valence-corrected chi connectivity index (χ2v) is 6.50. The number of rotatable bonds is 9. The quantitative estimate of drug-likeness (QED) is 0.613. The summed E-state index contributed by atoms with van der Waals surface area (Å²) in [5.74, 6) is -0.0857. The Morgan fingerprint density at radius 1 is 1.07 bits per heavy atom. The van der Waals surface area contributed by atoms with Gasteiger partial charge in [0.15, 0.2) is 6.10 Å². The van der Waals surface area contributed by atoms with Crippen LogP contribution in [0.4, 0.5) is 5.69 Å². The molecule has 0 fully saturated rings. The molecule has 2 aromatic rings. The van der Waals surface area contributed by atoms with E-state index in [1.165, 1.54) is 0 Å². The van der Waals surface area contributed by atoms with E-state index in [1.54, 1.807) is 48.5 Å². The standard InChI is InChI=1S/C21H25ClN2O3/c1-3-5-14-23-20(25)15-10-6-8-12-17(15)24-21(26)18(4-2)27-19-13-9-7-11-16(19)22/h6-13,18H,3-5,14H2,1-2H3,(H,23,25)(H,24,26)/t18-/m0/s1. The number of hydrogen-bond acceptors (Lipinski definition) is 3. The van der Waals surface area contributed by atoms with Crippen molar-refractivity contribution in [2.75, 3.05) is 11.9 Å². The van der Waals surface area contributed by atoms with E-state index in [9.17, 15) is 9.59 Å². The fraction of sp³-hybridized carbons (Fsp3) is 0.333. The van der Waals surface area contributed by atoms with E-state index >= 15 is 0 Å². The lowest BCUT2D eigenvalue weighted by molar-refractivity contribution is -0.122. The van der Waals surface area contributed by atoms with Crippen molar-refractivity contribution in [3.8, 4) is 5.75 Å². The van der Waals surface area contributed by atoms with Gasteiger partial charge in [-0.15, -0.1) is 0 Å². The highest BCUT2D eigenvalue weighted by Crippen LogP contribution is 2.25. The van der Waals surface area contributed by atoms with Crippen molar-refractivity contribution in [3.05, 3.63) is 59.1 Å². The average Bonchev–Trinajstić information content (AvgIpc) is 2.67. The number of para-hydroxylation sites is 2. The number of carbonyl (C=O) groups excluding carboxylic acids is 2. The molecule has 144 valence electrons. The van der Waals surface area contributed by atoms with E-state index in [-0.39, 0.29) is 11.8 Å². The number of anilines is 1. The van der Waals surface area contributed by atoms with Gasteiger partial charge in [-0.25, -0.2) is 0 Å². The largest absolute Gasteiger partial charge is 0.479 e. The first-order valence-electron chi connectivity index (χ1n) is 9.16. The second kappa shape index (κ2) is 10.6. The molecule has 2 N–H and O–H groups in total. The van der Waals surface area contributed by atoms with Crippen molar-refractivity contribution < 1.29 is 14.3 Å². The molecular formula is C21H25ClN2O3.